The number of nitrogens with one attached hydrogen (secondary N) is 1. The number of hydrogen-bond acceptors (Lipinski definition) is 3. The molecule has 1 atom stereocenters. The van der Waals surface area contributed by atoms with Crippen LogP contribution in [-0.2, 0) is 33.3 Å². The zero-order chi connectivity index (χ0) is 20.9. The van der Waals surface area contributed by atoms with Gasteiger partial charge in [0.2, 0.25) is 5.91 Å². The minimum Gasteiger partial charge on any atom is -0.467 e. The van der Waals surface area contributed by atoms with Crippen LogP contribution in [-0.4, -0.2) is 25.0 Å². The van der Waals surface area contributed by atoms with E-state index in [1.165, 1.54) is 19.2 Å². The number of amides is 1. The second-order valence-corrected chi connectivity index (χ2v) is 7.25. The summed E-state index contributed by atoms with van der Waals surface area (Å²) in [7, 11) is 1.20. The third kappa shape index (κ3) is 6.24. The minimum atomic E-state index is -4.44. The highest BCUT2D eigenvalue weighted by atomic mass is 79.9. The van der Waals surface area contributed by atoms with E-state index in [4.69, 9.17) is 16.3 Å². The van der Waals surface area contributed by atoms with Crippen LogP contribution >= 0.6 is 27.5 Å². The Kier molecular flexibility index (Phi) is 7.48. The van der Waals surface area contributed by atoms with Gasteiger partial charge in [0.05, 0.1) is 19.1 Å². The largest absolute Gasteiger partial charge is 0.467 e. The summed E-state index contributed by atoms with van der Waals surface area (Å²) in [5.74, 6) is -1.17. The first-order valence-corrected chi connectivity index (χ1v) is 9.24. The summed E-state index contributed by atoms with van der Waals surface area (Å²) in [6, 6.07) is 8.34. The summed E-state index contributed by atoms with van der Waals surface area (Å²) < 4.78 is 43.3. The zero-order valence-electron chi connectivity index (χ0n) is 14.6. The Labute approximate surface area is 173 Å². The summed E-state index contributed by atoms with van der Waals surface area (Å²) in [6.45, 7) is 0. The molecule has 9 heteroatoms. The normalized spacial score (nSPS) is 12.4. The van der Waals surface area contributed by atoms with Gasteiger partial charge < -0.3 is 10.1 Å². The van der Waals surface area contributed by atoms with E-state index in [1.54, 1.807) is 18.2 Å². The fourth-order valence-corrected chi connectivity index (χ4v) is 3.10. The summed E-state index contributed by atoms with van der Waals surface area (Å²) in [5, 5.41) is 3.03. The molecule has 0 heterocycles. The highest BCUT2D eigenvalue weighted by Crippen LogP contribution is 2.29. The van der Waals surface area contributed by atoms with E-state index < -0.39 is 29.7 Å². The Bertz CT molecular complexity index is 856. The molecule has 0 radical (unpaired) electrons. The molecule has 2 aromatic rings. The number of rotatable bonds is 6. The van der Waals surface area contributed by atoms with E-state index in [0.717, 1.165) is 12.1 Å². The first-order chi connectivity index (χ1) is 13.1. The molecule has 4 nitrogen and oxygen atoms in total. The number of carbonyl (C=O) groups excluding carboxylic acids is 2. The number of methoxy groups -OCH3 is 1. The molecule has 2 rings (SSSR count). The SMILES string of the molecule is COC(=O)[C@@H](Cc1cc(Cl)ccc1Br)NC(=O)Cc1ccc(C(F)(F)F)cc1. The van der Waals surface area contributed by atoms with Crippen LogP contribution in [0, 0.1) is 0 Å². The first-order valence-electron chi connectivity index (χ1n) is 8.07. The van der Waals surface area contributed by atoms with Gasteiger partial charge in [-0.3, -0.25) is 4.79 Å². The molecular formula is C19H16BrClF3NO3. The van der Waals surface area contributed by atoms with Crippen LogP contribution in [0.3, 0.4) is 0 Å². The molecule has 150 valence electrons. The Balaban J connectivity index is 2.08. The van der Waals surface area contributed by atoms with Crippen LogP contribution < -0.4 is 5.32 Å². The van der Waals surface area contributed by atoms with Gasteiger partial charge in [-0.1, -0.05) is 39.7 Å². The molecule has 0 bridgehead atoms. The number of carbonyl (C=O) groups is 2. The second kappa shape index (κ2) is 9.43. The van der Waals surface area contributed by atoms with Crippen LogP contribution in [0.15, 0.2) is 46.9 Å². The molecule has 1 amide bonds. The highest BCUT2D eigenvalue weighted by Gasteiger charge is 2.30. The van der Waals surface area contributed by atoms with Gasteiger partial charge in [-0.15, -0.1) is 0 Å². The summed E-state index contributed by atoms with van der Waals surface area (Å²) >= 11 is 9.32. The third-order valence-electron chi connectivity index (χ3n) is 3.90. The standard InChI is InChI=1S/C19H16BrClF3NO3/c1-28-18(27)16(10-12-9-14(21)6-7-15(12)20)25-17(26)8-11-2-4-13(5-3-11)19(22,23)24/h2-7,9,16H,8,10H2,1H3,(H,25,26)/t16-/m1/s1. The van der Waals surface area contributed by atoms with E-state index in [2.05, 4.69) is 21.2 Å². The van der Waals surface area contributed by atoms with E-state index in [1.807, 2.05) is 0 Å². The topological polar surface area (TPSA) is 55.4 Å². The first kappa shape index (κ1) is 22.2. The third-order valence-corrected chi connectivity index (χ3v) is 4.91. The maximum Gasteiger partial charge on any atom is 0.416 e. The molecule has 0 aromatic heterocycles. The Morgan fingerprint density at radius 1 is 1.18 bits per heavy atom. The maximum absolute atomic E-state index is 12.6. The van der Waals surface area contributed by atoms with Crippen molar-refractivity contribution < 1.29 is 27.5 Å². The van der Waals surface area contributed by atoms with Gasteiger partial charge in [-0.2, -0.15) is 13.2 Å². The minimum absolute atomic E-state index is 0.132. The molecule has 0 aliphatic carbocycles. The lowest BCUT2D eigenvalue weighted by Gasteiger charge is -2.18. The predicted octanol–water partition coefficient (Wildman–Crippen LogP) is 4.56. The van der Waals surface area contributed by atoms with Gasteiger partial charge in [-0.05, 0) is 41.5 Å². The lowest BCUT2D eigenvalue weighted by molar-refractivity contribution is -0.145. The Hall–Kier alpha value is -2.06. The van der Waals surface area contributed by atoms with Gasteiger partial charge in [-0.25, -0.2) is 4.79 Å². The fourth-order valence-electron chi connectivity index (χ4n) is 2.50. The monoisotopic (exact) mass is 477 g/mol. The summed E-state index contributed by atoms with van der Waals surface area (Å²) in [4.78, 5) is 24.3. The summed E-state index contributed by atoms with van der Waals surface area (Å²) in [6.07, 6.45) is -4.49. The van der Waals surface area contributed by atoms with Crippen molar-refractivity contribution in [3.63, 3.8) is 0 Å². The van der Waals surface area contributed by atoms with Gasteiger partial charge in [0, 0.05) is 15.9 Å². The van der Waals surface area contributed by atoms with Crippen molar-refractivity contribution in [2.24, 2.45) is 0 Å². The molecule has 0 unspecified atom stereocenters. The molecule has 28 heavy (non-hydrogen) atoms. The van der Waals surface area contributed by atoms with Crippen LogP contribution in [0.2, 0.25) is 5.02 Å². The number of benzene rings is 2. The summed E-state index contributed by atoms with van der Waals surface area (Å²) in [5.41, 5.74) is 0.283. The zero-order valence-corrected chi connectivity index (χ0v) is 17.0. The number of ether oxygens (including phenoxy) is 1. The van der Waals surface area contributed by atoms with Crippen molar-refractivity contribution in [2.75, 3.05) is 7.11 Å². The molecule has 0 spiro atoms. The lowest BCUT2D eigenvalue weighted by Crippen LogP contribution is -2.43. The van der Waals surface area contributed by atoms with E-state index in [-0.39, 0.29) is 12.8 Å². The van der Waals surface area contributed by atoms with Crippen molar-refractivity contribution in [3.05, 3.63) is 68.7 Å². The Morgan fingerprint density at radius 3 is 2.39 bits per heavy atom. The van der Waals surface area contributed by atoms with Crippen LogP contribution in [0.4, 0.5) is 13.2 Å². The van der Waals surface area contributed by atoms with E-state index in [9.17, 15) is 22.8 Å². The molecule has 1 N–H and O–H groups in total. The number of hydrogen-bond donors (Lipinski definition) is 1. The van der Waals surface area contributed by atoms with Crippen molar-refractivity contribution in [1.29, 1.82) is 0 Å². The maximum atomic E-state index is 12.6. The van der Waals surface area contributed by atoms with E-state index in [0.29, 0.717) is 20.6 Å². The number of esters is 1. The molecular weight excluding hydrogens is 463 g/mol. The molecule has 0 saturated heterocycles. The predicted molar refractivity (Wildman–Crippen MR) is 102 cm³/mol. The van der Waals surface area contributed by atoms with E-state index >= 15 is 0 Å². The van der Waals surface area contributed by atoms with Gasteiger partial charge in [0.1, 0.15) is 6.04 Å². The van der Waals surface area contributed by atoms with Gasteiger partial charge in [0.25, 0.3) is 0 Å². The van der Waals surface area contributed by atoms with Gasteiger partial charge in [0.15, 0.2) is 0 Å². The van der Waals surface area contributed by atoms with Gasteiger partial charge >= 0.3 is 12.1 Å². The Morgan fingerprint density at radius 2 is 1.82 bits per heavy atom. The van der Waals surface area contributed by atoms with Crippen LogP contribution in [0.1, 0.15) is 16.7 Å². The molecule has 2 aromatic carbocycles. The highest BCUT2D eigenvalue weighted by molar-refractivity contribution is 9.10. The van der Waals surface area contributed by atoms with Crippen LogP contribution in [0.25, 0.3) is 0 Å². The van der Waals surface area contributed by atoms with Crippen molar-refractivity contribution in [2.45, 2.75) is 25.1 Å². The molecule has 0 saturated carbocycles. The van der Waals surface area contributed by atoms with Crippen LogP contribution in [0.5, 0.6) is 0 Å². The van der Waals surface area contributed by atoms with Crippen molar-refractivity contribution in [1.82, 2.24) is 5.32 Å². The molecule has 0 fully saturated rings. The second-order valence-electron chi connectivity index (χ2n) is 5.95. The number of alkyl halides is 3. The smallest absolute Gasteiger partial charge is 0.416 e. The average molecular weight is 479 g/mol. The van der Waals surface area contributed by atoms with Crippen molar-refractivity contribution in [3.8, 4) is 0 Å². The fraction of sp³-hybridized carbons (Fsp3) is 0.263. The molecule has 0 aliphatic rings. The lowest BCUT2D eigenvalue weighted by atomic mass is 10.0. The quantitative estimate of drug-likeness (QED) is 0.619. The average Bonchev–Trinajstić information content (AvgIpc) is 2.63. The molecule has 0 aliphatic heterocycles. The number of halogens is 5. The van der Waals surface area contributed by atoms with Crippen molar-refractivity contribution >= 4 is 39.4 Å².